The number of benzene rings is 2. The molecular weight excluding hydrogens is 512 g/mol. The third kappa shape index (κ3) is 6.57. The summed E-state index contributed by atoms with van der Waals surface area (Å²) in [5.74, 6) is 2.25. The summed E-state index contributed by atoms with van der Waals surface area (Å²) in [7, 11) is 0. The maximum absolute atomic E-state index is 12.5. The van der Waals surface area contributed by atoms with E-state index in [1.165, 1.54) is 0 Å². The monoisotopic (exact) mass is 534 g/mol. The summed E-state index contributed by atoms with van der Waals surface area (Å²) < 4.78 is 6.44. The van der Waals surface area contributed by atoms with Gasteiger partial charge in [0.1, 0.15) is 0 Å². The van der Waals surface area contributed by atoms with Crippen molar-refractivity contribution in [3.8, 4) is 11.4 Å². The highest BCUT2D eigenvalue weighted by molar-refractivity contribution is 9.10. The molecule has 9 heteroatoms. The number of nitrogens with zero attached hydrogens (tertiary/aromatic N) is 3. The molecule has 168 valence electrons. The van der Waals surface area contributed by atoms with Gasteiger partial charge in [-0.3, -0.25) is 9.69 Å². The van der Waals surface area contributed by atoms with Gasteiger partial charge in [0.2, 0.25) is 17.6 Å². The van der Waals surface area contributed by atoms with Crippen molar-refractivity contribution >= 4 is 45.2 Å². The first-order valence-electron chi connectivity index (χ1n) is 10.5. The SMILES string of the molecule is O=C(NCCSc1ccc(Cl)cc1)C1CCN(Cc2nc(-c3ccc(Br)cc3)no2)CC1. The molecule has 0 bridgehead atoms. The maximum Gasteiger partial charge on any atom is 0.241 e. The van der Waals surface area contributed by atoms with E-state index in [0.717, 1.165) is 51.6 Å². The van der Waals surface area contributed by atoms with E-state index in [1.807, 2.05) is 48.5 Å². The predicted molar refractivity (Wildman–Crippen MR) is 131 cm³/mol. The van der Waals surface area contributed by atoms with Crippen LogP contribution in [0.3, 0.4) is 0 Å². The van der Waals surface area contributed by atoms with Gasteiger partial charge in [-0.1, -0.05) is 32.7 Å². The number of thioether (sulfide) groups is 1. The van der Waals surface area contributed by atoms with Crippen LogP contribution < -0.4 is 5.32 Å². The van der Waals surface area contributed by atoms with Crippen LogP contribution in [0.4, 0.5) is 0 Å². The lowest BCUT2D eigenvalue weighted by atomic mass is 9.96. The van der Waals surface area contributed by atoms with Crippen molar-refractivity contribution in [1.82, 2.24) is 20.4 Å². The minimum absolute atomic E-state index is 0.0628. The predicted octanol–water partition coefficient (Wildman–Crippen LogP) is 5.27. The molecule has 1 N–H and O–H groups in total. The van der Waals surface area contributed by atoms with Gasteiger partial charge in [-0.25, -0.2) is 0 Å². The molecule has 1 saturated heterocycles. The average molecular weight is 536 g/mol. The summed E-state index contributed by atoms with van der Waals surface area (Å²) in [6.07, 6.45) is 1.67. The van der Waals surface area contributed by atoms with E-state index in [9.17, 15) is 4.79 Å². The van der Waals surface area contributed by atoms with Crippen LogP contribution in [0, 0.1) is 5.92 Å². The fraction of sp³-hybridized carbons (Fsp3) is 0.348. The second-order valence-electron chi connectivity index (χ2n) is 7.66. The zero-order valence-electron chi connectivity index (χ0n) is 17.5. The molecule has 0 unspecified atom stereocenters. The van der Waals surface area contributed by atoms with Crippen LogP contribution in [0.25, 0.3) is 11.4 Å². The number of halogens is 2. The van der Waals surface area contributed by atoms with E-state index in [2.05, 4.69) is 36.3 Å². The summed E-state index contributed by atoms with van der Waals surface area (Å²) >= 11 is 11.0. The lowest BCUT2D eigenvalue weighted by molar-refractivity contribution is -0.126. The number of amides is 1. The Hall–Kier alpha value is -1.87. The topological polar surface area (TPSA) is 71.3 Å². The molecule has 0 spiro atoms. The van der Waals surface area contributed by atoms with Crippen molar-refractivity contribution in [1.29, 1.82) is 0 Å². The van der Waals surface area contributed by atoms with Crippen LogP contribution in [-0.4, -0.2) is 46.3 Å². The molecule has 0 radical (unpaired) electrons. The third-order valence-corrected chi connectivity index (χ3v) is 7.17. The number of aromatic nitrogens is 2. The molecular formula is C23H24BrClN4O2S. The molecule has 0 aliphatic carbocycles. The van der Waals surface area contributed by atoms with Crippen molar-refractivity contribution in [3.05, 3.63) is 63.9 Å². The number of carbonyl (C=O) groups excluding carboxylic acids is 1. The first kappa shape index (κ1) is 23.3. The Bertz CT molecular complexity index is 1020. The molecule has 1 amide bonds. The first-order valence-corrected chi connectivity index (χ1v) is 12.7. The molecule has 4 rings (SSSR count). The number of nitrogens with one attached hydrogen (secondary N) is 1. The minimum atomic E-state index is 0.0628. The van der Waals surface area contributed by atoms with Crippen molar-refractivity contribution in [2.45, 2.75) is 24.3 Å². The third-order valence-electron chi connectivity index (χ3n) is 5.37. The zero-order chi connectivity index (χ0) is 22.3. The smallest absolute Gasteiger partial charge is 0.241 e. The quantitative estimate of drug-likeness (QED) is 0.313. The lowest BCUT2D eigenvalue weighted by Crippen LogP contribution is -2.40. The summed E-state index contributed by atoms with van der Waals surface area (Å²) in [6, 6.07) is 15.6. The van der Waals surface area contributed by atoms with Gasteiger partial charge in [-0.05, 0) is 74.5 Å². The van der Waals surface area contributed by atoms with Crippen LogP contribution in [-0.2, 0) is 11.3 Å². The summed E-state index contributed by atoms with van der Waals surface area (Å²) in [6.45, 7) is 2.95. The van der Waals surface area contributed by atoms with Crippen molar-refractivity contribution < 1.29 is 9.32 Å². The fourth-order valence-electron chi connectivity index (χ4n) is 3.60. The zero-order valence-corrected chi connectivity index (χ0v) is 20.6. The summed E-state index contributed by atoms with van der Waals surface area (Å²) in [5.41, 5.74) is 0.924. The largest absolute Gasteiger partial charge is 0.355 e. The lowest BCUT2D eigenvalue weighted by Gasteiger charge is -2.30. The van der Waals surface area contributed by atoms with E-state index in [-0.39, 0.29) is 11.8 Å². The van der Waals surface area contributed by atoms with E-state index in [0.29, 0.717) is 24.8 Å². The number of piperidine rings is 1. The molecule has 2 aromatic carbocycles. The van der Waals surface area contributed by atoms with Gasteiger partial charge in [0.05, 0.1) is 6.54 Å². The van der Waals surface area contributed by atoms with Gasteiger partial charge in [0, 0.05) is 38.2 Å². The molecule has 6 nitrogen and oxygen atoms in total. The van der Waals surface area contributed by atoms with Gasteiger partial charge in [-0.15, -0.1) is 11.8 Å². The molecule has 32 heavy (non-hydrogen) atoms. The van der Waals surface area contributed by atoms with E-state index in [1.54, 1.807) is 11.8 Å². The highest BCUT2D eigenvalue weighted by Gasteiger charge is 2.25. The highest BCUT2D eigenvalue weighted by atomic mass is 79.9. The molecule has 1 fully saturated rings. The van der Waals surface area contributed by atoms with E-state index < -0.39 is 0 Å². The second kappa shape index (κ2) is 11.3. The van der Waals surface area contributed by atoms with Gasteiger partial charge < -0.3 is 9.84 Å². The molecule has 0 saturated carbocycles. The van der Waals surface area contributed by atoms with Crippen molar-refractivity contribution in [2.24, 2.45) is 5.92 Å². The van der Waals surface area contributed by atoms with Gasteiger partial charge in [0.25, 0.3) is 0 Å². The molecule has 1 aliphatic heterocycles. The summed E-state index contributed by atoms with van der Waals surface area (Å²) in [5, 5.41) is 7.90. The number of hydrogen-bond donors (Lipinski definition) is 1. The van der Waals surface area contributed by atoms with Crippen LogP contribution in [0.15, 0.2) is 62.4 Å². The van der Waals surface area contributed by atoms with Crippen LogP contribution in [0.1, 0.15) is 18.7 Å². The normalized spacial score (nSPS) is 15.1. The average Bonchev–Trinajstić information content (AvgIpc) is 3.27. The molecule has 2 heterocycles. The van der Waals surface area contributed by atoms with Crippen molar-refractivity contribution in [2.75, 3.05) is 25.4 Å². The summed E-state index contributed by atoms with van der Waals surface area (Å²) in [4.78, 5) is 20.4. The first-order chi connectivity index (χ1) is 15.6. The van der Waals surface area contributed by atoms with Crippen LogP contribution >= 0.6 is 39.3 Å². The van der Waals surface area contributed by atoms with Gasteiger partial charge in [-0.2, -0.15) is 4.98 Å². The Labute approximate surface area is 205 Å². The van der Waals surface area contributed by atoms with Crippen LogP contribution in [0.5, 0.6) is 0 Å². The van der Waals surface area contributed by atoms with Crippen molar-refractivity contribution in [3.63, 3.8) is 0 Å². The molecule has 1 aliphatic rings. The second-order valence-corrected chi connectivity index (χ2v) is 10.2. The minimum Gasteiger partial charge on any atom is -0.355 e. The Kier molecular flexibility index (Phi) is 8.24. The van der Waals surface area contributed by atoms with Crippen LogP contribution in [0.2, 0.25) is 5.02 Å². The Balaban J connectivity index is 1.17. The highest BCUT2D eigenvalue weighted by Crippen LogP contribution is 2.22. The Morgan fingerprint density at radius 1 is 1.16 bits per heavy atom. The fourth-order valence-corrected chi connectivity index (χ4v) is 4.76. The number of carbonyl (C=O) groups is 1. The van der Waals surface area contributed by atoms with Gasteiger partial charge in [0.15, 0.2) is 0 Å². The maximum atomic E-state index is 12.5. The standard InChI is InChI=1S/C23H24BrClN4O2S/c24-18-3-1-16(2-4-18)22-27-21(31-28-22)15-29-12-9-17(10-13-29)23(30)26-11-14-32-20-7-5-19(25)6-8-20/h1-8,17H,9-15H2,(H,26,30). The Morgan fingerprint density at radius 3 is 2.59 bits per heavy atom. The number of rotatable bonds is 8. The Morgan fingerprint density at radius 2 is 1.88 bits per heavy atom. The van der Waals surface area contributed by atoms with Gasteiger partial charge >= 0.3 is 0 Å². The van der Waals surface area contributed by atoms with E-state index in [4.69, 9.17) is 16.1 Å². The van der Waals surface area contributed by atoms with E-state index >= 15 is 0 Å². The number of hydrogen-bond acceptors (Lipinski definition) is 6. The molecule has 1 aromatic heterocycles. The number of likely N-dealkylation sites (tertiary alicyclic amines) is 1. The molecule has 3 aromatic rings. The molecule has 0 atom stereocenters.